The summed E-state index contributed by atoms with van der Waals surface area (Å²) in [5.74, 6) is 1.69. The second kappa shape index (κ2) is 11.9. The Kier molecular flexibility index (Phi) is 8.98. The van der Waals surface area contributed by atoms with Gasteiger partial charge in [-0.3, -0.25) is 4.79 Å². The summed E-state index contributed by atoms with van der Waals surface area (Å²) in [5.41, 5.74) is 8.82. The Morgan fingerprint density at radius 2 is 1.69 bits per heavy atom. The van der Waals surface area contributed by atoms with Gasteiger partial charge in [-0.05, 0) is 73.9 Å². The molecule has 0 bridgehead atoms. The number of amides is 1. The van der Waals surface area contributed by atoms with Crippen LogP contribution in [0.25, 0.3) is 0 Å². The average Bonchev–Trinajstić information content (AvgIpc) is 3.23. The Bertz CT molecular complexity index is 843. The number of piperidine rings is 1. The zero-order valence-electron chi connectivity index (χ0n) is 19.9. The molecule has 4 N–H and O–H groups in total. The second-order valence-electron chi connectivity index (χ2n) is 9.12. The molecule has 2 aromatic rings. The van der Waals surface area contributed by atoms with Crippen LogP contribution < -0.4 is 16.4 Å². The predicted octanol–water partition coefficient (Wildman–Crippen LogP) is 5.86. The van der Waals surface area contributed by atoms with Crippen molar-refractivity contribution in [1.29, 1.82) is 0 Å². The van der Waals surface area contributed by atoms with Gasteiger partial charge in [0.2, 0.25) is 0 Å². The van der Waals surface area contributed by atoms with Crippen LogP contribution in [0, 0.1) is 11.8 Å². The van der Waals surface area contributed by atoms with E-state index >= 15 is 0 Å². The molecule has 5 heteroatoms. The van der Waals surface area contributed by atoms with E-state index in [-0.39, 0.29) is 5.91 Å². The van der Waals surface area contributed by atoms with E-state index in [4.69, 9.17) is 5.73 Å². The number of carbonyl (C=O) groups excluding carboxylic acids is 1. The molecule has 2 atom stereocenters. The van der Waals surface area contributed by atoms with E-state index in [0.29, 0.717) is 23.0 Å². The van der Waals surface area contributed by atoms with E-state index in [0.717, 1.165) is 17.5 Å². The normalized spacial score (nSPS) is 21.5. The van der Waals surface area contributed by atoms with Gasteiger partial charge in [0.05, 0.1) is 11.4 Å². The molecule has 1 aliphatic carbocycles. The monoisotopic (exact) mass is 436 g/mol. The SMILES string of the molecule is CC.CC1CCC(CN2CCC(Nc3ccc(C(=O)Nc4ccccc4N)cc3)CC2)C1. The number of hydrogen-bond donors (Lipinski definition) is 3. The van der Waals surface area contributed by atoms with Crippen LogP contribution in [0.3, 0.4) is 0 Å². The topological polar surface area (TPSA) is 70.4 Å². The summed E-state index contributed by atoms with van der Waals surface area (Å²) in [5, 5.41) is 6.52. The van der Waals surface area contributed by atoms with E-state index in [2.05, 4.69) is 22.5 Å². The molecular weight excluding hydrogens is 396 g/mol. The number of nitrogen functional groups attached to an aromatic ring is 1. The highest BCUT2D eigenvalue weighted by atomic mass is 16.1. The largest absolute Gasteiger partial charge is 0.397 e. The van der Waals surface area contributed by atoms with Crippen LogP contribution in [0.15, 0.2) is 48.5 Å². The lowest BCUT2D eigenvalue weighted by molar-refractivity contribution is 0.102. The molecule has 1 aliphatic heterocycles. The van der Waals surface area contributed by atoms with Gasteiger partial charge in [0.1, 0.15) is 0 Å². The molecule has 0 radical (unpaired) electrons. The lowest BCUT2D eigenvalue weighted by Crippen LogP contribution is -2.41. The summed E-state index contributed by atoms with van der Waals surface area (Å²) in [6, 6.07) is 15.5. The van der Waals surface area contributed by atoms with Crippen LogP contribution >= 0.6 is 0 Å². The highest BCUT2D eigenvalue weighted by Gasteiger charge is 2.26. The molecule has 2 aromatic carbocycles. The lowest BCUT2D eigenvalue weighted by Gasteiger charge is -2.34. The lowest BCUT2D eigenvalue weighted by atomic mass is 10.0. The second-order valence-corrected chi connectivity index (χ2v) is 9.12. The Balaban J connectivity index is 0.00000141. The summed E-state index contributed by atoms with van der Waals surface area (Å²) >= 11 is 0. The van der Waals surface area contributed by atoms with Crippen molar-refractivity contribution in [1.82, 2.24) is 4.90 Å². The molecule has 32 heavy (non-hydrogen) atoms. The van der Waals surface area contributed by atoms with Gasteiger partial charge in [-0.15, -0.1) is 0 Å². The van der Waals surface area contributed by atoms with Gasteiger partial charge in [-0.2, -0.15) is 0 Å². The van der Waals surface area contributed by atoms with Crippen LogP contribution in [-0.2, 0) is 0 Å². The first-order chi connectivity index (χ1) is 15.6. The predicted molar refractivity (Wildman–Crippen MR) is 136 cm³/mol. The molecule has 5 nitrogen and oxygen atoms in total. The van der Waals surface area contributed by atoms with Crippen molar-refractivity contribution in [2.75, 3.05) is 36.0 Å². The minimum Gasteiger partial charge on any atom is -0.397 e. The first-order valence-corrected chi connectivity index (χ1v) is 12.3. The highest BCUT2D eigenvalue weighted by Crippen LogP contribution is 2.31. The Hall–Kier alpha value is -2.53. The van der Waals surface area contributed by atoms with Gasteiger partial charge >= 0.3 is 0 Å². The fourth-order valence-corrected chi connectivity index (χ4v) is 4.87. The van der Waals surface area contributed by atoms with Gasteiger partial charge in [-0.1, -0.05) is 39.3 Å². The Morgan fingerprint density at radius 3 is 2.31 bits per heavy atom. The average molecular weight is 437 g/mol. The zero-order valence-corrected chi connectivity index (χ0v) is 19.9. The molecule has 174 valence electrons. The number of likely N-dealkylation sites (tertiary alicyclic amines) is 1. The zero-order chi connectivity index (χ0) is 22.9. The number of para-hydroxylation sites is 2. The molecule has 0 aromatic heterocycles. The van der Waals surface area contributed by atoms with E-state index in [1.807, 2.05) is 56.3 Å². The third kappa shape index (κ3) is 6.73. The molecular formula is C27H40N4O. The number of hydrogen-bond acceptors (Lipinski definition) is 4. The van der Waals surface area contributed by atoms with Crippen LogP contribution in [0.4, 0.5) is 17.1 Å². The highest BCUT2D eigenvalue weighted by molar-refractivity contribution is 6.05. The summed E-state index contributed by atoms with van der Waals surface area (Å²) in [6.07, 6.45) is 6.59. The standard InChI is InChI=1S/C25H34N4O.C2H6/c1-18-6-7-19(16-18)17-29-14-12-22(13-15-29)27-21-10-8-20(9-11-21)25(30)28-24-5-3-2-4-23(24)26;1-2/h2-5,8-11,18-19,22,27H,6-7,12-17,26H2,1H3,(H,28,30);1-2H3. The molecule has 2 fully saturated rings. The summed E-state index contributed by atoms with van der Waals surface area (Å²) in [6.45, 7) is 10.0. The van der Waals surface area contributed by atoms with Crippen LogP contribution in [0.2, 0.25) is 0 Å². The third-order valence-corrected chi connectivity index (χ3v) is 6.63. The number of nitrogens with zero attached hydrogens (tertiary/aromatic N) is 1. The Labute approximate surface area is 193 Å². The quantitative estimate of drug-likeness (QED) is 0.496. The van der Waals surface area contributed by atoms with Crippen molar-refractivity contribution in [3.05, 3.63) is 54.1 Å². The minimum absolute atomic E-state index is 0.144. The minimum atomic E-state index is -0.144. The van der Waals surface area contributed by atoms with E-state index in [1.54, 1.807) is 6.07 Å². The van der Waals surface area contributed by atoms with E-state index in [1.165, 1.54) is 51.7 Å². The van der Waals surface area contributed by atoms with Crippen molar-refractivity contribution < 1.29 is 4.79 Å². The van der Waals surface area contributed by atoms with Crippen molar-refractivity contribution in [2.24, 2.45) is 11.8 Å². The van der Waals surface area contributed by atoms with E-state index in [9.17, 15) is 4.79 Å². The number of rotatable bonds is 6. The smallest absolute Gasteiger partial charge is 0.255 e. The van der Waals surface area contributed by atoms with Gasteiger partial charge in [0.15, 0.2) is 0 Å². The molecule has 1 amide bonds. The maximum atomic E-state index is 12.5. The van der Waals surface area contributed by atoms with E-state index < -0.39 is 0 Å². The van der Waals surface area contributed by atoms with Gasteiger partial charge in [0.25, 0.3) is 5.91 Å². The molecule has 2 aliphatic rings. The number of nitrogens with two attached hydrogens (primary N) is 1. The molecule has 1 heterocycles. The number of benzene rings is 2. The fourth-order valence-electron chi connectivity index (χ4n) is 4.87. The fraction of sp³-hybridized carbons (Fsp3) is 0.519. The Morgan fingerprint density at radius 1 is 1.00 bits per heavy atom. The van der Waals surface area contributed by atoms with Crippen LogP contribution in [0.5, 0.6) is 0 Å². The van der Waals surface area contributed by atoms with Crippen molar-refractivity contribution >= 4 is 23.0 Å². The third-order valence-electron chi connectivity index (χ3n) is 6.63. The maximum absolute atomic E-state index is 12.5. The van der Waals surface area contributed by atoms with Gasteiger partial charge in [-0.25, -0.2) is 0 Å². The molecule has 1 saturated carbocycles. The van der Waals surface area contributed by atoms with Gasteiger partial charge < -0.3 is 21.3 Å². The first kappa shape index (κ1) is 24.1. The first-order valence-electron chi connectivity index (χ1n) is 12.3. The van der Waals surface area contributed by atoms with Crippen LogP contribution in [-0.4, -0.2) is 36.5 Å². The van der Waals surface area contributed by atoms with Gasteiger partial charge in [0, 0.05) is 36.9 Å². The summed E-state index contributed by atoms with van der Waals surface area (Å²) < 4.78 is 0. The summed E-state index contributed by atoms with van der Waals surface area (Å²) in [7, 11) is 0. The molecule has 0 spiro atoms. The van der Waals surface area contributed by atoms with Crippen molar-refractivity contribution in [3.8, 4) is 0 Å². The molecule has 1 saturated heterocycles. The van der Waals surface area contributed by atoms with Crippen LogP contribution in [0.1, 0.15) is 63.2 Å². The molecule has 2 unspecified atom stereocenters. The summed E-state index contributed by atoms with van der Waals surface area (Å²) in [4.78, 5) is 15.1. The maximum Gasteiger partial charge on any atom is 0.255 e. The number of nitrogens with one attached hydrogen (secondary N) is 2. The number of anilines is 3. The van der Waals surface area contributed by atoms with Crippen molar-refractivity contribution in [3.63, 3.8) is 0 Å². The number of carbonyl (C=O) groups is 1. The molecule has 4 rings (SSSR count). The van der Waals surface area contributed by atoms with Crippen molar-refractivity contribution in [2.45, 2.75) is 58.9 Å².